The van der Waals surface area contributed by atoms with Crippen LogP contribution in [0.1, 0.15) is 30.3 Å². The van der Waals surface area contributed by atoms with Crippen LogP contribution in [0.3, 0.4) is 0 Å². The third kappa shape index (κ3) is 4.38. The van der Waals surface area contributed by atoms with Gasteiger partial charge >= 0.3 is 0 Å². The normalized spacial score (nSPS) is 15.0. The molecule has 3 heterocycles. The van der Waals surface area contributed by atoms with Crippen LogP contribution < -0.4 is 0 Å². The molecule has 2 aromatic heterocycles. The number of rotatable bonds is 5. The second-order valence-corrected chi connectivity index (χ2v) is 9.49. The van der Waals surface area contributed by atoms with E-state index in [0.717, 1.165) is 55.1 Å². The van der Waals surface area contributed by atoms with E-state index in [1.54, 1.807) is 0 Å². The van der Waals surface area contributed by atoms with Crippen molar-refractivity contribution in [1.29, 1.82) is 0 Å². The number of piperidine rings is 1. The first-order chi connectivity index (χ1) is 17.3. The molecule has 0 amide bonds. The van der Waals surface area contributed by atoms with E-state index in [9.17, 15) is 0 Å². The zero-order chi connectivity index (χ0) is 23.6. The summed E-state index contributed by atoms with van der Waals surface area (Å²) in [6.45, 7) is 5.34. The number of pyridine rings is 1. The van der Waals surface area contributed by atoms with Crippen LogP contribution in [0.5, 0.6) is 0 Å². The molecule has 1 aliphatic rings. The van der Waals surface area contributed by atoms with E-state index in [1.165, 1.54) is 22.2 Å². The van der Waals surface area contributed by atoms with Gasteiger partial charge in [0, 0.05) is 43.0 Å². The number of aryl methyl sites for hydroxylation is 1. The van der Waals surface area contributed by atoms with Crippen LogP contribution in [0.4, 0.5) is 0 Å². The van der Waals surface area contributed by atoms with Gasteiger partial charge in [0.05, 0.1) is 16.7 Å². The fourth-order valence-electron chi connectivity index (χ4n) is 5.47. The van der Waals surface area contributed by atoms with Crippen molar-refractivity contribution >= 4 is 11.0 Å². The molecule has 5 aromatic rings. The lowest BCUT2D eigenvalue weighted by atomic mass is 9.98. The molecular formula is C31H30N4. The maximum atomic E-state index is 4.78. The van der Waals surface area contributed by atoms with Gasteiger partial charge < -0.3 is 4.57 Å². The Hall–Kier alpha value is -3.76. The Labute approximate surface area is 206 Å². The highest BCUT2D eigenvalue weighted by molar-refractivity contribution is 5.80. The highest BCUT2D eigenvalue weighted by Crippen LogP contribution is 2.31. The largest absolute Gasteiger partial charge is 0.325 e. The van der Waals surface area contributed by atoms with Crippen molar-refractivity contribution in [2.45, 2.75) is 32.4 Å². The number of para-hydroxylation sites is 2. The van der Waals surface area contributed by atoms with Gasteiger partial charge in [-0.2, -0.15) is 0 Å². The molecular weight excluding hydrogens is 428 g/mol. The fraction of sp³-hybridized carbons (Fsp3) is 0.226. The van der Waals surface area contributed by atoms with Gasteiger partial charge in [-0.3, -0.25) is 9.88 Å². The van der Waals surface area contributed by atoms with Crippen LogP contribution in [0.15, 0.2) is 97.2 Å². The summed E-state index contributed by atoms with van der Waals surface area (Å²) < 4.78 is 2.46. The highest BCUT2D eigenvalue weighted by atomic mass is 15.2. The van der Waals surface area contributed by atoms with Crippen LogP contribution >= 0.6 is 0 Å². The zero-order valence-electron chi connectivity index (χ0n) is 20.1. The van der Waals surface area contributed by atoms with Crippen LogP contribution in [0.2, 0.25) is 0 Å². The Bertz CT molecular complexity index is 1430. The van der Waals surface area contributed by atoms with Crippen LogP contribution in [-0.4, -0.2) is 32.5 Å². The predicted octanol–water partition coefficient (Wildman–Crippen LogP) is 6.91. The third-order valence-corrected chi connectivity index (χ3v) is 7.22. The zero-order valence-corrected chi connectivity index (χ0v) is 20.1. The van der Waals surface area contributed by atoms with Gasteiger partial charge in [-0.05, 0) is 49.1 Å². The number of fused-ring (bicyclic) bond motifs is 1. The Balaban J connectivity index is 1.14. The van der Waals surface area contributed by atoms with E-state index in [1.807, 2.05) is 12.3 Å². The molecule has 4 heteroatoms. The summed E-state index contributed by atoms with van der Waals surface area (Å²) in [6, 6.07) is 32.7. The van der Waals surface area contributed by atoms with Gasteiger partial charge in [0.15, 0.2) is 0 Å². The lowest BCUT2D eigenvalue weighted by Gasteiger charge is -2.33. The van der Waals surface area contributed by atoms with E-state index in [0.29, 0.717) is 6.04 Å². The highest BCUT2D eigenvalue weighted by Gasteiger charge is 2.23. The van der Waals surface area contributed by atoms with Crippen molar-refractivity contribution in [2.24, 2.45) is 0 Å². The lowest BCUT2D eigenvalue weighted by Crippen LogP contribution is -2.34. The third-order valence-electron chi connectivity index (χ3n) is 7.22. The number of benzene rings is 3. The minimum atomic E-state index is 0.529. The molecule has 3 aromatic carbocycles. The number of hydrogen-bond donors (Lipinski definition) is 0. The van der Waals surface area contributed by atoms with Gasteiger partial charge in [0.2, 0.25) is 0 Å². The Kier molecular flexibility index (Phi) is 5.89. The molecule has 1 saturated heterocycles. The van der Waals surface area contributed by atoms with Crippen molar-refractivity contribution in [3.05, 3.63) is 109 Å². The molecule has 0 radical (unpaired) electrons. The second-order valence-electron chi connectivity index (χ2n) is 9.49. The first-order valence-electron chi connectivity index (χ1n) is 12.5. The molecule has 174 valence electrons. The van der Waals surface area contributed by atoms with Gasteiger partial charge in [0.1, 0.15) is 5.82 Å². The Morgan fingerprint density at radius 3 is 2.31 bits per heavy atom. The summed E-state index contributed by atoms with van der Waals surface area (Å²) in [7, 11) is 0. The van der Waals surface area contributed by atoms with Crippen LogP contribution in [-0.2, 0) is 6.54 Å². The van der Waals surface area contributed by atoms with Crippen LogP contribution in [0.25, 0.3) is 33.4 Å². The number of likely N-dealkylation sites (tertiary alicyclic amines) is 1. The summed E-state index contributed by atoms with van der Waals surface area (Å²) >= 11 is 0. The predicted molar refractivity (Wildman–Crippen MR) is 143 cm³/mol. The van der Waals surface area contributed by atoms with Gasteiger partial charge in [-0.15, -0.1) is 0 Å². The molecule has 6 rings (SSSR count). The average molecular weight is 459 g/mol. The van der Waals surface area contributed by atoms with Gasteiger partial charge in [0.25, 0.3) is 0 Å². The number of aromatic nitrogens is 3. The smallest absolute Gasteiger partial charge is 0.106 e. The van der Waals surface area contributed by atoms with E-state index in [4.69, 9.17) is 9.97 Å². The van der Waals surface area contributed by atoms with Gasteiger partial charge in [-0.25, -0.2) is 4.98 Å². The minimum absolute atomic E-state index is 0.529. The molecule has 0 atom stereocenters. The number of imidazole rings is 1. The van der Waals surface area contributed by atoms with Crippen molar-refractivity contribution in [2.75, 3.05) is 13.1 Å². The van der Waals surface area contributed by atoms with Crippen molar-refractivity contribution in [3.8, 4) is 22.4 Å². The number of nitrogens with zero attached hydrogens (tertiary/aromatic N) is 4. The molecule has 35 heavy (non-hydrogen) atoms. The first-order valence-corrected chi connectivity index (χ1v) is 12.5. The van der Waals surface area contributed by atoms with E-state index < -0.39 is 0 Å². The minimum Gasteiger partial charge on any atom is -0.325 e. The van der Waals surface area contributed by atoms with Gasteiger partial charge in [-0.1, -0.05) is 72.8 Å². The SMILES string of the molecule is Cc1nc2ccccc2n1C1CCN(Cc2ccc(-c3ncccc3-c3ccccc3)cc2)CC1. The second kappa shape index (κ2) is 9.47. The summed E-state index contributed by atoms with van der Waals surface area (Å²) in [5.74, 6) is 1.13. The molecule has 0 bridgehead atoms. The topological polar surface area (TPSA) is 34.0 Å². The quantitative estimate of drug-likeness (QED) is 0.287. The fourth-order valence-corrected chi connectivity index (χ4v) is 5.47. The Morgan fingerprint density at radius 1 is 0.771 bits per heavy atom. The molecule has 4 nitrogen and oxygen atoms in total. The van der Waals surface area contributed by atoms with Crippen LogP contribution in [0, 0.1) is 6.92 Å². The molecule has 0 spiro atoms. The molecule has 1 aliphatic heterocycles. The van der Waals surface area contributed by atoms with Crippen molar-refractivity contribution in [3.63, 3.8) is 0 Å². The van der Waals surface area contributed by atoms with Crippen molar-refractivity contribution in [1.82, 2.24) is 19.4 Å². The maximum Gasteiger partial charge on any atom is 0.106 e. The molecule has 0 saturated carbocycles. The van der Waals surface area contributed by atoms with Crippen molar-refractivity contribution < 1.29 is 0 Å². The van der Waals surface area contributed by atoms with E-state index >= 15 is 0 Å². The summed E-state index contributed by atoms with van der Waals surface area (Å²) in [4.78, 5) is 12.1. The molecule has 0 aliphatic carbocycles. The maximum absolute atomic E-state index is 4.78. The summed E-state index contributed by atoms with van der Waals surface area (Å²) in [5, 5.41) is 0. The van der Waals surface area contributed by atoms with E-state index in [2.05, 4.69) is 101 Å². The average Bonchev–Trinajstić information content (AvgIpc) is 3.26. The molecule has 0 unspecified atom stereocenters. The molecule has 1 fully saturated rings. The summed E-state index contributed by atoms with van der Waals surface area (Å²) in [5.41, 5.74) is 8.30. The Morgan fingerprint density at radius 2 is 1.51 bits per heavy atom. The molecule has 0 N–H and O–H groups in total. The number of hydrogen-bond acceptors (Lipinski definition) is 3. The lowest BCUT2D eigenvalue weighted by molar-refractivity contribution is 0.180. The van der Waals surface area contributed by atoms with E-state index in [-0.39, 0.29) is 0 Å². The monoisotopic (exact) mass is 458 g/mol. The standard InChI is InChI=1S/C31H30N4/c1-23-33-29-11-5-6-12-30(29)35(23)27-17-20-34(21-18-27)22-24-13-15-26(16-14-24)31-28(10-7-19-32-31)25-8-3-2-4-9-25/h2-16,19,27H,17-18,20-22H2,1H3. The first kappa shape index (κ1) is 21.8. The summed E-state index contributed by atoms with van der Waals surface area (Å²) in [6.07, 6.45) is 4.20.